The molecule has 0 bridgehead atoms. The van der Waals surface area contributed by atoms with Crippen LogP contribution in [0.2, 0.25) is 0 Å². The Morgan fingerprint density at radius 1 is 0.955 bits per heavy atom. The Hall–Kier alpha value is -3.26. The Morgan fingerprint density at radius 2 is 1.59 bits per heavy atom. The number of benzene rings is 2. The number of hydroxylamine groups is 1. The molecule has 0 aliphatic carbocycles. The average Bonchev–Trinajstić information content (AvgIpc) is 2.53. The van der Waals surface area contributed by atoms with Crippen LogP contribution in [-0.4, -0.2) is 27.3 Å². The van der Waals surface area contributed by atoms with E-state index >= 15 is 0 Å². The number of carboxylic acids is 1. The molecule has 0 aliphatic heterocycles. The molecule has 0 spiro atoms. The van der Waals surface area contributed by atoms with Gasteiger partial charge in [-0.2, -0.15) is 5.11 Å². The highest BCUT2D eigenvalue weighted by atomic mass is 16.5. The summed E-state index contributed by atoms with van der Waals surface area (Å²) in [6, 6.07) is 9.57. The van der Waals surface area contributed by atoms with Gasteiger partial charge in [0.1, 0.15) is 11.4 Å². The van der Waals surface area contributed by atoms with Crippen molar-refractivity contribution >= 4 is 23.3 Å². The van der Waals surface area contributed by atoms with E-state index in [-0.39, 0.29) is 22.6 Å². The van der Waals surface area contributed by atoms with Crippen molar-refractivity contribution in [3.05, 3.63) is 53.6 Å². The largest absolute Gasteiger partial charge is 0.506 e. The molecule has 4 N–H and O–H groups in total. The van der Waals surface area contributed by atoms with Gasteiger partial charge in [0.2, 0.25) is 0 Å². The topological polar surface area (TPSA) is 132 Å². The fourth-order valence-electron chi connectivity index (χ4n) is 1.60. The maximum atomic E-state index is 11.1. The van der Waals surface area contributed by atoms with Crippen LogP contribution in [0.15, 0.2) is 52.7 Å². The number of carbonyl (C=O) groups excluding carboxylic acids is 1. The second-order valence-electron chi connectivity index (χ2n) is 4.20. The number of hydrogen-bond acceptors (Lipinski definition) is 6. The Labute approximate surface area is 124 Å². The maximum Gasteiger partial charge on any atom is 0.335 e. The number of phenolic OH excluding ortho intramolecular Hbond substituents is 1. The Balaban J connectivity index is 2.18. The van der Waals surface area contributed by atoms with Crippen LogP contribution in [0.5, 0.6) is 5.75 Å². The molecule has 2 aromatic carbocycles. The molecule has 0 atom stereocenters. The van der Waals surface area contributed by atoms with E-state index < -0.39 is 11.9 Å². The van der Waals surface area contributed by atoms with Crippen molar-refractivity contribution in [1.82, 2.24) is 5.48 Å². The first-order valence-corrected chi connectivity index (χ1v) is 6.04. The lowest BCUT2D eigenvalue weighted by molar-refractivity contribution is 0.0693. The lowest BCUT2D eigenvalue weighted by Gasteiger charge is -2.00. The summed E-state index contributed by atoms with van der Waals surface area (Å²) in [5.74, 6) is -2.11. The van der Waals surface area contributed by atoms with Gasteiger partial charge in [-0.25, -0.2) is 10.3 Å². The van der Waals surface area contributed by atoms with Crippen LogP contribution < -0.4 is 5.48 Å². The molecule has 112 valence electrons. The van der Waals surface area contributed by atoms with Gasteiger partial charge in [0.25, 0.3) is 5.91 Å². The molecule has 8 heteroatoms. The second kappa shape index (κ2) is 6.46. The summed E-state index contributed by atoms with van der Waals surface area (Å²) in [6.07, 6.45) is 0. The molecule has 2 aromatic rings. The molecule has 0 heterocycles. The molecule has 2 rings (SSSR count). The number of rotatable bonds is 4. The van der Waals surface area contributed by atoms with Gasteiger partial charge in [-0.15, -0.1) is 5.11 Å². The van der Waals surface area contributed by atoms with E-state index in [9.17, 15) is 14.7 Å². The van der Waals surface area contributed by atoms with Crippen LogP contribution in [0.3, 0.4) is 0 Å². The normalized spacial score (nSPS) is 10.6. The molecule has 0 saturated carbocycles. The fourth-order valence-corrected chi connectivity index (χ4v) is 1.60. The molecule has 8 nitrogen and oxygen atoms in total. The first kappa shape index (κ1) is 15.1. The molecule has 0 aliphatic rings. The quantitative estimate of drug-likeness (QED) is 0.391. The Morgan fingerprint density at radius 3 is 2.14 bits per heavy atom. The minimum atomic E-state index is -1.16. The highest BCUT2D eigenvalue weighted by Gasteiger charge is 2.07. The zero-order chi connectivity index (χ0) is 16.1. The summed E-state index contributed by atoms with van der Waals surface area (Å²) < 4.78 is 0. The van der Waals surface area contributed by atoms with Crippen LogP contribution in [0.25, 0.3) is 0 Å². The number of nitrogens with one attached hydrogen (secondary N) is 1. The summed E-state index contributed by atoms with van der Waals surface area (Å²) in [5, 5.41) is 34.6. The van der Waals surface area contributed by atoms with Gasteiger partial charge in [0.05, 0.1) is 11.3 Å². The zero-order valence-electron chi connectivity index (χ0n) is 11.1. The van der Waals surface area contributed by atoms with Gasteiger partial charge in [-0.3, -0.25) is 10.0 Å². The predicted octanol–water partition coefficient (Wildman–Crippen LogP) is 2.62. The summed E-state index contributed by atoms with van der Waals surface area (Å²) in [7, 11) is 0. The van der Waals surface area contributed by atoms with Crippen molar-refractivity contribution in [2.45, 2.75) is 0 Å². The number of amides is 1. The van der Waals surface area contributed by atoms with Gasteiger partial charge in [-0.1, -0.05) is 0 Å². The molecule has 0 saturated heterocycles. The van der Waals surface area contributed by atoms with E-state index in [1.165, 1.54) is 41.9 Å². The number of azo groups is 1. The summed E-state index contributed by atoms with van der Waals surface area (Å²) in [4.78, 5) is 21.9. The van der Waals surface area contributed by atoms with E-state index in [0.29, 0.717) is 5.69 Å². The fraction of sp³-hybridized carbons (Fsp3) is 0. The minimum absolute atomic E-state index is 0.0594. The number of phenols is 1. The van der Waals surface area contributed by atoms with Crippen LogP contribution in [-0.2, 0) is 0 Å². The third-order valence-electron chi connectivity index (χ3n) is 2.73. The minimum Gasteiger partial charge on any atom is -0.506 e. The van der Waals surface area contributed by atoms with Gasteiger partial charge in [-0.05, 0) is 42.5 Å². The summed E-state index contributed by atoms with van der Waals surface area (Å²) >= 11 is 0. The highest BCUT2D eigenvalue weighted by molar-refractivity contribution is 5.93. The van der Waals surface area contributed by atoms with Crippen molar-refractivity contribution in [3.8, 4) is 5.75 Å². The summed E-state index contributed by atoms with van der Waals surface area (Å²) in [6.45, 7) is 0. The first-order valence-electron chi connectivity index (χ1n) is 6.04. The lowest BCUT2D eigenvalue weighted by atomic mass is 10.2. The van der Waals surface area contributed by atoms with Gasteiger partial charge >= 0.3 is 5.97 Å². The van der Waals surface area contributed by atoms with Crippen LogP contribution in [0, 0.1) is 0 Å². The van der Waals surface area contributed by atoms with E-state index in [0.717, 1.165) is 6.07 Å². The first-order chi connectivity index (χ1) is 10.5. The molecule has 0 fully saturated rings. The van der Waals surface area contributed by atoms with Crippen molar-refractivity contribution < 1.29 is 25.0 Å². The molecular formula is C14H11N3O5. The second-order valence-corrected chi connectivity index (χ2v) is 4.20. The third-order valence-corrected chi connectivity index (χ3v) is 2.73. The van der Waals surface area contributed by atoms with Crippen molar-refractivity contribution in [2.75, 3.05) is 0 Å². The smallest absolute Gasteiger partial charge is 0.335 e. The van der Waals surface area contributed by atoms with E-state index in [1.807, 2.05) is 0 Å². The number of carbonyl (C=O) groups is 2. The SMILES string of the molecule is O=C(O)c1ccc(N=Nc2ccc(C(=O)NO)cc2)c(O)c1. The van der Waals surface area contributed by atoms with E-state index in [2.05, 4.69) is 10.2 Å². The Kier molecular flexibility index (Phi) is 4.44. The number of aromatic carboxylic acids is 1. The molecular weight excluding hydrogens is 290 g/mol. The van der Waals surface area contributed by atoms with Crippen molar-refractivity contribution in [2.24, 2.45) is 10.2 Å². The monoisotopic (exact) mass is 301 g/mol. The van der Waals surface area contributed by atoms with E-state index in [4.69, 9.17) is 10.3 Å². The van der Waals surface area contributed by atoms with Gasteiger partial charge < -0.3 is 10.2 Å². The maximum absolute atomic E-state index is 11.1. The average molecular weight is 301 g/mol. The molecule has 0 radical (unpaired) electrons. The molecule has 0 unspecified atom stereocenters. The Bertz CT molecular complexity index is 741. The number of nitrogens with zero attached hydrogens (tertiary/aromatic N) is 2. The van der Waals surface area contributed by atoms with E-state index in [1.54, 1.807) is 0 Å². The van der Waals surface area contributed by atoms with Crippen LogP contribution in [0.1, 0.15) is 20.7 Å². The third kappa shape index (κ3) is 3.44. The molecule has 0 aromatic heterocycles. The summed E-state index contributed by atoms with van der Waals surface area (Å²) in [5.41, 5.74) is 2.22. The molecule has 1 amide bonds. The van der Waals surface area contributed by atoms with Gasteiger partial charge in [0, 0.05) is 5.56 Å². The standard InChI is InChI=1S/C14H11N3O5/c18-12-7-9(14(20)21)3-6-11(12)16-15-10-4-1-8(2-5-10)13(19)17-22/h1-7,18,22H,(H,17,19)(H,20,21). The zero-order valence-corrected chi connectivity index (χ0v) is 11.1. The van der Waals surface area contributed by atoms with Crippen molar-refractivity contribution in [3.63, 3.8) is 0 Å². The van der Waals surface area contributed by atoms with Crippen LogP contribution >= 0.6 is 0 Å². The lowest BCUT2D eigenvalue weighted by Crippen LogP contribution is -2.18. The van der Waals surface area contributed by atoms with Crippen LogP contribution in [0.4, 0.5) is 11.4 Å². The number of hydrogen-bond donors (Lipinski definition) is 4. The highest BCUT2D eigenvalue weighted by Crippen LogP contribution is 2.29. The number of carboxylic acid groups (broad SMARTS) is 1. The number of aromatic hydroxyl groups is 1. The predicted molar refractivity (Wildman–Crippen MR) is 74.9 cm³/mol. The van der Waals surface area contributed by atoms with Crippen molar-refractivity contribution in [1.29, 1.82) is 0 Å². The van der Waals surface area contributed by atoms with Gasteiger partial charge in [0.15, 0.2) is 0 Å². The molecule has 22 heavy (non-hydrogen) atoms.